The molecule has 0 saturated heterocycles. The molecule has 1 atom stereocenters. The number of hydrogen-bond donors (Lipinski definition) is 1. The van der Waals surface area contributed by atoms with Gasteiger partial charge >= 0.3 is 5.97 Å². The number of unbranched alkanes of at least 4 members (excludes halogenated alkanes) is 1. The van der Waals surface area contributed by atoms with E-state index in [1.165, 1.54) is 0 Å². The lowest BCUT2D eigenvalue weighted by Gasteiger charge is -2.14. The maximum atomic E-state index is 11.2. The van der Waals surface area contributed by atoms with Crippen LogP contribution in [0, 0.1) is 0 Å². The predicted octanol–water partition coefficient (Wildman–Crippen LogP) is 4.35. The Morgan fingerprint density at radius 2 is 2.12 bits per heavy atom. The SMILES string of the molecule is CCCCC(C(=O)O)c1cc(Cl)ccc1Cl. The van der Waals surface area contributed by atoms with Crippen molar-refractivity contribution < 1.29 is 9.90 Å². The summed E-state index contributed by atoms with van der Waals surface area (Å²) in [5.41, 5.74) is 0.607. The van der Waals surface area contributed by atoms with Gasteiger partial charge in [-0.05, 0) is 30.2 Å². The molecule has 88 valence electrons. The molecule has 0 bridgehead atoms. The second-order valence-electron chi connectivity index (χ2n) is 3.70. The van der Waals surface area contributed by atoms with Gasteiger partial charge in [-0.3, -0.25) is 4.79 Å². The zero-order valence-corrected chi connectivity index (χ0v) is 10.6. The van der Waals surface area contributed by atoms with Crippen molar-refractivity contribution in [3.05, 3.63) is 33.8 Å². The molecule has 1 aromatic carbocycles. The molecule has 0 saturated carbocycles. The summed E-state index contributed by atoms with van der Waals surface area (Å²) in [7, 11) is 0. The van der Waals surface area contributed by atoms with Crippen LogP contribution in [-0.4, -0.2) is 11.1 Å². The van der Waals surface area contributed by atoms with Crippen molar-refractivity contribution in [3.8, 4) is 0 Å². The Balaban J connectivity index is 3.00. The first-order valence-electron chi connectivity index (χ1n) is 5.24. The third-order valence-corrected chi connectivity index (χ3v) is 3.06. The molecule has 1 N–H and O–H groups in total. The molecule has 2 nitrogen and oxygen atoms in total. The van der Waals surface area contributed by atoms with Gasteiger partial charge in [0.15, 0.2) is 0 Å². The van der Waals surface area contributed by atoms with E-state index in [9.17, 15) is 4.79 Å². The van der Waals surface area contributed by atoms with Crippen LogP contribution in [0.2, 0.25) is 10.0 Å². The Hall–Kier alpha value is -0.730. The topological polar surface area (TPSA) is 37.3 Å². The minimum absolute atomic E-state index is 0.466. The number of halogens is 2. The van der Waals surface area contributed by atoms with Gasteiger partial charge in [-0.1, -0.05) is 43.0 Å². The standard InChI is InChI=1S/C12H14Cl2O2/c1-2-3-4-9(12(15)16)10-7-8(13)5-6-11(10)14/h5-7,9H,2-4H2,1H3,(H,15,16). The Morgan fingerprint density at radius 1 is 1.44 bits per heavy atom. The smallest absolute Gasteiger partial charge is 0.311 e. The minimum atomic E-state index is -0.849. The van der Waals surface area contributed by atoms with Gasteiger partial charge in [0.1, 0.15) is 0 Å². The first-order valence-corrected chi connectivity index (χ1v) is 5.99. The normalized spacial score (nSPS) is 12.4. The van der Waals surface area contributed by atoms with Crippen LogP contribution in [0.15, 0.2) is 18.2 Å². The lowest BCUT2D eigenvalue weighted by atomic mass is 9.94. The van der Waals surface area contributed by atoms with Crippen LogP contribution in [0.5, 0.6) is 0 Å². The molecule has 0 heterocycles. The summed E-state index contributed by atoms with van der Waals surface area (Å²) in [6.45, 7) is 2.03. The average Bonchev–Trinajstić information content (AvgIpc) is 2.23. The highest BCUT2D eigenvalue weighted by Crippen LogP contribution is 2.31. The Morgan fingerprint density at radius 3 is 2.69 bits per heavy atom. The summed E-state index contributed by atoms with van der Waals surface area (Å²) in [5.74, 6) is -1.41. The van der Waals surface area contributed by atoms with Crippen molar-refractivity contribution in [1.82, 2.24) is 0 Å². The first kappa shape index (κ1) is 13.3. The second-order valence-corrected chi connectivity index (χ2v) is 4.54. The molecule has 16 heavy (non-hydrogen) atoms. The van der Waals surface area contributed by atoms with E-state index in [2.05, 4.69) is 0 Å². The van der Waals surface area contributed by atoms with Gasteiger partial charge in [0, 0.05) is 10.0 Å². The summed E-state index contributed by atoms with van der Waals surface area (Å²) in [4.78, 5) is 11.2. The second kappa shape index (κ2) is 6.12. The van der Waals surface area contributed by atoms with E-state index < -0.39 is 11.9 Å². The molecule has 0 spiro atoms. The zero-order chi connectivity index (χ0) is 12.1. The van der Waals surface area contributed by atoms with Gasteiger partial charge in [0.05, 0.1) is 5.92 Å². The highest BCUT2D eigenvalue weighted by Gasteiger charge is 2.21. The number of carboxylic acid groups (broad SMARTS) is 1. The van der Waals surface area contributed by atoms with E-state index in [1.807, 2.05) is 6.92 Å². The fourth-order valence-corrected chi connectivity index (χ4v) is 2.03. The van der Waals surface area contributed by atoms with Crippen LogP contribution < -0.4 is 0 Å². The molecule has 1 aromatic rings. The maximum absolute atomic E-state index is 11.2. The van der Waals surface area contributed by atoms with Gasteiger partial charge < -0.3 is 5.11 Å². The van der Waals surface area contributed by atoms with Crippen LogP contribution in [0.25, 0.3) is 0 Å². The molecule has 4 heteroatoms. The fourth-order valence-electron chi connectivity index (χ4n) is 1.60. The first-order chi connectivity index (χ1) is 7.56. The molecule has 1 unspecified atom stereocenters. The lowest BCUT2D eigenvalue weighted by molar-refractivity contribution is -0.139. The monoisotopic (exact) mass is 260 g/mol. The average molecular weight is 261 g/mol. The van der Waals surface area contributed by atoms with E-state index in [1.54, 1.807) is 18.2 Å². The highest BCUT2D eigenvalue weighted by atomic mass is 35.5. The summed E-state index contributed by atoms with van der Waals surface area (Å²) in [6.07, 6.45) is 2.41. The number of rotatable bonds is 5. The van der Waals surface area contributed by atoms with E-state index in [0.29, 0.717) is 22.0 Å². The Kier molecular flexibility index (Phi) is 5.10. The molecular weight excluding hydrogens is 247 g/mol. The molecular formula is C12H14Cl2O2. The third kappa shape index (κ3) is 3.39. The van der Waals surface area contributed by atoms with Gasteiger partial charge in [-0.25, -0.2) is 0 Å². The summed E-state index contributed by atoms with van der Waals surface area (Å²) in [6, 6.07) is 4.94. The van der Waals surface area contributed by atoms with E-state index in [4.69, 9.17) is 28.3 Å². The van der Waals surface area contributed by atoms with Gasteiger partial charge in [-0.2, -0.15) is 0 Å². The number of benzene rings is 1. The van der Waals surface area contributed by atoms with Gasteiger partial charge in [-0.15, -0.1) is 0 Å². The Labute approximate surface area is 105 Å². The fraction of sp³-hybridized carbons (Fsp3) is 0.417. The number of carboxylic acids is 1. The van der Waals surface area contributed by atoms with Crippen molar-refractivity contribution in [2.75, 3.05) is 0 Å². The zero-order valence-electron chi connectivity index (χ0n) is 9.04. The largest absolute Gasteiger partial charge is 0.481 e. The Bertz CT molecular complexity index is 377. The van der Waals surface area contributed by atoms with Crippen LogP contribution in [-0.2, 0) is 4.79 Å². The van der Waals surface area contributed by atoms with E-state index >= 15 is 0 Å². The summed E-state index contributed by atoms with van der Waals surface area (Å²) >= 11 is 11.8. The number of carbonyl (C=O) groups is 1. The van der Waals surface area contributed by atoms with Crippen LogP contribution in [0.3, 0.4) is 0 Å². The van der Waals surface area contributed by atoms with Crippen molar-refractivity contribution in [2.24, 2.45) is 0 Å². The molecule has 0 aromatic heterocycles. The number of aliphatic carboxylic acids is 1. The molecule has 0 aliphatic carbocycles. The minimum Gasteiger partial charge on any atom is -0.481 e. The van der Waals surface area contributed by atoms with Crippen molar-refractivity contribution >= 4 is 29.2 Å². The summed E-state index contributed by atoms with van der Waals surface area (Å²) in [5, 5.41) is 10.1. The molecule has 0 aliphatic heterocycles. The van der Waals surface area contributed by atoms with Crippen LogP contribution >= 0.6 is 23.2 Å². The summed E-state index contributed by atoms with van der Waals surface area (Å²) < 4.78 is 0. The quantitative estimate of drug-likeness (QED) is 0.855. The molecule has 1 rings (SSSR count). The molecule has 0 aliphatic rings. The van der Waals surface area contributed by atoms with Crippen molar-refractivity contribution in [1.29, 1.82) is 0 Å². The highest BCUT2D eigenvalue weighted by molar-refractivity contribution is 6.33. The maximum Gasteiger partial charge on any atom is 0.311 e. The molecule has 0 amide bonds. The molecule has 0 radical (unpaired) electrons. The van der Waals surface area contributed by atoms with Gasteiger partial charge in [0.2, 0.25) is 0 Å². The van der Waals surface area contributed by atoms with Crippen molar-refractivity contribution in [3.63, 3.8) is 0 Å². The van der Waals surface area contributed by atoms with E-state index in [-0.39, 0.29) is 0 Å². The number of hydrogen-bond acceptors (Lipinski definition) is 1. The van der Waals surface area contributed by atoms with Crippen LogP contribution in [0.4, 0.5) is 0 Å². The van der Waals surface area contributed by atoms with Crippen LogP contribution in [0.1, 0.15) is 37.7 Å². The van der Waals surface area contributed by atoms with E-state index in [0.717, 1.165) is 12.8 Å². The lowest BCUT2D eigenvalue weighted by Crippen LogP contribution is -2.12. The van der Waals surface area contributed by atoms with Gasteiger partial charge in [0.25, 0.3) is 0 Å². The molecule has 0 fully saturated rings. The predicted molar refractivity (Wildman–Crippen MR) is 66.4 cm³/mol. The van der Waals surface area contributed by atoms with Crippen molar-refractivity contribution in [2.45, 2.75) is 32.1 Å². The third-order valence-electron chi connectivity index (χ3n) is 2.48.